The minimum absolute atomic E-state index is 0.694. The minimum Gasteiger partial charge on any atom is -0.159 e. The van der Waals surface area contributed by atoms with Crippen molar-refractivity contribution in [3.63, 3.8) is 0 Å². The first kappa shape index (κ1) is 7.52. The maximum absolute atomic E-state index is 2.32. The van der Waals surface area contributed by atoms with Gasteiger partial charge in [0.2, 0.25) is 0 Å². The molecule has 1 aliphatic rings. The van der Waals surface area contributed by atoms with Crippen LogP contribution in [0.2, 0.25) is 6.32 Å². The summed E-state index contributed by atoms with van der Waals surface area (Å²) in [6, 6.07) is 0. The van der Waals surface area contributed by atoms with Gasteiger partial charge in [0.1, 0.15) is 7.85 Å². The van der Waals surface area contributed by atoms with Crippen molar-refractivity contribution in [3.8, 4) is 0 Å². The Morgan fingerprint density at radius 2 is 2.00 bits per heavy atom. The molecule has 0 amide bonds. The lowest BCUT2D eigenvalue weighted by Gasteiger charge is -2.24. The number of rotatable bonds is 2. The van der Waals surface area contributed by atoms with E-state index in [-0.39, 0.29) is 0 Å². The van der Waals surface area contributed by atoms with Gasteiger partial charge in [-0.25, -0.2) is 0 Å². The predicted octanol–water partition coefficient (Wildman–Crippen LogP) is 1.71. The van der Waals surface area contributed by atoms with Crippen molar-refractivity contribution in [3.05, 3.63) is 0 Å². The van der Waals surface area contributed by atoms with Crippen molar-refractivity contribution in [2.45, 2.75) is 36.8 Å². The van der Waals surface area contributed by atoms with Gasteiger partial charge in [-0.3, -0.25) is 0 Å². The molecule has 52 valence electrons. The minimum atomic E-state index is 0.694. The molecule has 0 radical (unpaired) electrons. The summed E-state index contributed by atoms with van der Waals surface area (Å²) >= 11 is 2.08. The molecule has 0 N–H and O–H groups in total. The van der Waals surface area contributed by atoms with E-state index >= 15 is 0 Å². The van der Waals surface area contributed by atoms with Gasteiger partial charge in [-0.05, 0) is 19.1 Å². The van der Waals surface area contributed by atoms with Crippen LogP contribution in [0.15, 0.2) is 0 Å². The molecule has 0 aromatic carbocycles. The van der Waals surface area contributed by atoms with Crippen molar-refractivity contribution < 1.29 is 0 Å². The van der Waals surface area contributed by atoms with Gasteiger partial charge >= 0.3 is 0 Å². The van der Waals surface area contributed by atoms with Gasteiger partial charge in [0.05, 0.1) is 0 Å². The number of hydrogen-bond acceptors (Lipinski definition) is 1. The molecule has 1 fully saturated rings. The van der Waals surface area contributed by atoms with E-state index in [1.165, 1.54) is 32.0 Å². The fourth-order valence-electron chi connectivity index (χ4n) is 1.72. The van der Waals surface area contributed by atoms with Crippen LogP contribution >= 0.6 is 11.8 Å². The van der Waals surface area contributed by atoms with Crippen molar-refractivity contribution in [1.82, 2.24) is 0 Å². The lowest BCUT2D eigenvalue weighted by atomic mass is 9.89. The normalized spacial score (nSPS) is 24.6. The highest BCUT2D eigenvalue weighted by Crippen LogP contribution is 2.42. The summed E-state index contributed by atoms with van der Waals surface area (Å²) in [4.78, 5) is 0. The molecule has 2 heteroatoms. The van der Waals surface area contributed by atoms with Crippen LogP contribution in [0.25, 0.3) is 0 Å². The molecule has 0 saturated heterocycles. The summed E-state index contributed by atoms with van der Waals surface area (Å²) in [7, 11) is 2.32. The van der Waals surface area contributed by atoms with Crippen LogP contribution in [0.5, 0.6) is 0 Å². The third-order valence-electron chi connectivity index (χ3n) is 2.59. The van der Waals surface area contributed by atoms with Crippen molar-refractivity contribution >= 4 is 19.6 Å². The van der Waals surface area contributed by atoms with Crippen molar-refractivity contribution in [2.75, 3.05) is 6.26 Å². The molecule has 0 atom stereocenters. The van der Waals surface area contributed by atoms with Crippen LogP contribution in [-0.2, 0) is 0 Å². The van der Waals surface area contributed by atoms with Gasteiger partial charge in [0.25, 0.3) is 0 Å². The molecule has 0 bridgehead atoms. The lowest BCUT2D eigenvalue weighted by Crippen LogP contribution is -2.17. The maximum Gasteiger partial charge on any atom is 0.103 e. The summed E-state index contributed by atoms with van der Waals surface area (Å²) < 4.78 is 0.694. The summed E-state index contributed by atoms with van der Waals surface area (Å²) in [5.41, 5.74) is 0. The van der Waals surface area contributed by atoms with Crippen molar-refractivity contribution in [1.29, 1.82) is 0 Å². The van der Waals surface area contributed by atoms with Gasteiger partial charge < -0.3 is 0 Å². The van der Waals surface area contributed by atoms with Gasteiger partial charge in [-0.1, -0.05) is 19.2 Å². The second-order valence-electron chi connectivity index (χ2n) is 2.95. The van der Waals surface area contributed by atoms with E-state index in [0.717, 1.165) is 0 Å². The van der Waals surface area contributed by atoms with Gasteiger partial charge in [-0.2, -0.15) is 11.8 Å². The van der Waals surface area contributed by atoms with Gasteiger partial charge in [0, 0.05) is 4.75 Å². The van der Waals surface area contributed by atoms with Crippen LogP contribution < -0.4 is 0 Å². The zero-order chi connectivity index (χ0) is 6.74. The molecule has 0 aliphatic heterocycles. The third kappa shape index (κ3) is 1.46. The summed E-state index contributed by atoms with van der Waals surface area (Å²) in [5, 5.41) is 0. The third-order valence-corrected chi connectivity index (χ3v) is 4.16. The molecule has 0 heterocycles. The van der Waals surface area contributed by atoms with Crippen LogP contribution in [0.3, 0.4) is 0 Å². The van der Waals surface area contributed by atoms with E-state index in [1.807, 2.05) is 0 Å². The number of thioether (sulfide) groups is 1. The average Bonchev–Trinajstić information content (AvgIpc) is 2.36. The first-order valence-corrected chi connectivity index (χ1v) is 5.10. The molecule has 9 heavy (non-hydrogen) atoms. The predicted molar refractivity (Wildman–Crippen MR) is 48.1 cm³/mol. The molecule has 1 aliphatic carbocycles. The lowest BCUT2D eigenvalue weighted by molar-refractivity contribution is 0.674. The first-order chi connectivity index (χ1) is 4.33. The van der Waals surface area contributed by atoms with E-state index in [1.54, 1.807) is 0 Å². The Bertz CT molecular complexity index is 80.9. The monoisotopic (exact) mass is 142 g/mol. The van der Waals surface area contributed by atoms with Crippen molar-refractivity contribution in [2.24, 2.45) is 0 Å². The topological polar surface area (TPSA) is 0 Å². The van der Waals surface area contributed by atoms with Gasteiger partial charge in [-0.15, -0.1) is 0 Å². The highest BCUT2D eigenvalue weighted by atomic mass is 32.2. The zero-order valence-corrected chi connectivity index (χ0v) is 7.26. The second kappa shape index (κ2) is 3.00. The average molecular weight is 142 g/mol. The van der Waals surface area contributed by atoms with E-state index in [4.69, 9.17) is 0 Å². The fraction of sp³-hybridized carbons (Fsp3) is 1.00. The van der Waals surface area contributed by atoms with Gasteiger partial charge in [0.15, 0.2) is 0 Å². The molecule has 1 rings (SSSR count). The second-order valence-corrected chi connectivity index (χ2v) is 4.22. The highest BCUT2D eigenvalue weighted by Gasteiger charge is 2.30. The van der Waals surface area contributed by atoms with E-state index in [0.29, 0.717) is 4.75 Å². The zero-order valence-electron chi connectivity index (χ0n) is 6.44. The first-order valence-electron chi connectivity index (χ1n) is 3.88. The number of hydrogen-bond donors (Lipinski definition) is 0. The standard InChI is InChI=1S/C7H15BS/c1-9-7(6-8)4-2-3-5-7/h2-6,8H2,1H3. The van der Waals surface area contributed by atoms with E-state index < -0.39 is 0 Å². The molecule has 0 aromatic rings. The Morgan fingerprint density at radius 1 is 1.44 bits per heavy atom. The Balaban J connectivity index is 2.45. The van der Waals surface area contributed by atoms with Crippen LogP contribution in [0.1, 0.15) is 25.7 Å². The van der Waals surface area contributed by atoms with Crippen LogP contribution in [-0.4, -0.2) is 18.8 Å². The van der Waals surface area contributed by atoms with E-state index in [9.17, 15) is 0 Å². The summed E-state index contributed by atoms with van der Waals surface area (Å²) in [6.07, 6.45) is 9.49. The van der Waals surface area contributed by atoms with Crippen LogP contribution in [0, 0.1) is 0 Å². The Morgan fingerprint density at radius 3 is 2.22 bits per heavy atom. The highest BCUT2D eigenvalue weighted by molar-refractivity contribution is 8.00. The van der Waals surface area contributed by atoms with Crippen LogP contribution in [0.4, 0.5) is 0 Å². The molecule has 0 unspecified atom stereocenters. The molecule has 0 nitrogen and oxygen atoms in total. The molecule has 0 spiro atoms. The molecule has 0 aromatic heterocycles. The fourth-order valence-corrected chi connectivity index (χ4v) is 2.71. The maximum atomic E-state index is 2.32. The summed E-state index contributed by atoms with van der Waals surface area (Å²) in [5.74, 6) is 0. The summed E-state index contributed by atoms with van der Waals surface area (Å²) in [6.45, 7) is 0. The molecule has 1 saturated carbocycles. The SMILES string of the molecule is BCC1(SC)CCCC1. The smallest absolute Gasteiger partial charge is 0.103 e. The van der Waals surface area contributed by atoms with E-state index in [2.05, 4.69) is 25.9 Å². The quantitative estimate of drug-likeness (QED) is 0.529. The molecular formula is C7H15BS. The largest absolute Gasteiger partial charge is 0.159 e. The Hall–Kier alpha value is 0.415. The Labute approximate surface area is 63.2 Å². The Kier molecular flexibility index (Phi) is 2.51. The molecular weight excluding hydrogens is 127 g/mol.